The minimum atomic E-state index is -0.102. The van der Waals surface area contributed by atoms with Gasteiger partial charge in [0.2, 0.25) is 0 Å². The van der Waals surface area contributed by atoms with E-state index in [2.05, 4.69) is 4.98 Å². The first-order valence-corrected chi connectivity index (χ1v) is 4.49. The lowest BCUT2D eigenvalue weighted by Gasteiger charge is -2.15. The molecule has 0 fully saturated rings. The van der Waals surface area contributed by atoms with E-state index in [4.69, 9.17) is 11.6 Å². The van der Waals surface area contributed by atoms with Gasteiger partial charge in [-0.2, -0.15) is 0 Å². The van der Waals surface area contributed by atoms with Gasteiger partial charge in [0, 0.05) is 38.9 Å². The molecule has 0 aromatic carbocycles. The summed E-state index contributed by atoms with van der Waals surface area (Å²) in [5.41, 5.74) is -0.102. The maximum Gasteiger partial charge on any atom is 0.293 e. The fourth-order valence-corrected chi connectivity index (χ4v) is 1.23. The minimum Gasteiger partial charge on any atom is -0.354 e. The van der Waals surface area contributed by atoms with Crippen LogP contribution in [0.4, 0.5) is 5.82 Å². The van der Waals surface area contributed by atoms with Crippen LogP contribution in [0, 0.1) is 0 Å². The fraction of sp³-hybridized carbons (Fsp3) is 0.500. The summed E-state index contributed by atoms with van der Waals surface area (Å²) in [6.45, 7) is 0.619. The number of rotatable bonds is 3. The predicted molar refractivity (Wildman–Crippen MR) is 53.5 cm³/mol. The van der Waals surface area contributed by atoms with E-state index >= 15 is 0 Å². The highest BCUT2D eigenvalue weighted by Crippen LogP contribution is 1.99. The summed E-state index contributed by atoms with van der Waals surface area (Å²) >= 11 is 5.56. The van der Waals surface area contributed by atoms with Crippen LogP contribution < -0.4 is 10.5 Å². The van der Waals surface area contributed by atoms with Crippen LogP contribution in [0.15, 0.2) is 17.2 Å². The second-order valence-corrected chi connectivity index (χ2v) is 3.16. The lowest BCUT2D eigenvalue weighted by molar-refractivity contribution is 0.813. The molecule has 0 atom stereocenters. The SMILES string of the molecule is CN(CCCl)c1nccn(C)c1=O. The van der Waals surface area contributed by atoms with Gasteiger partial charge >= 0.3 is 0 Å². The van der Waals surface area contributed by atoms with E-state index in [9.17, 15) is 4.79 Å². The fourth-order valence-electron chi connectivity index (χ4n) is 0.979. The molecule has 1 heterocycles. The number of alkyl halides is 1. The van der Waals surface area contributed by atoms with Gasteiger partial charge in [-0.1, -0.05) is 0 Å². The van der Waals surface area contributed by atoms with Gasteiger partial charge in [-0.25, -0.2) is 4.98 Å². The molecule has 72 valence electrons. The topological polar surface area (TPSA) is 38.1 Å². The highest BCUT2D eigenvalue weighted by molar-refractivity contribution is 6.18. The molecule has 0 aliphatic rings. The van der Waals surface area contributed by atoms with Gasteiger partial charge in [-0.3, -0.25) is 4.79 Å². The standard InChI is InChI=1S/C8H12ClN3O/c1-11(5-3-9)7-8(13)12(2)6-4-10-7/h4,6H,3,5H2,1-2H3. The van der Waals surface area contributed by atoms with Crippen molar-refractivity contribution in [2.45, 2.75) is 0 Å². The lowest BCUT2D eigenvalue weighted by atomic mass is 10.5. The average molecular weight is 202 g/mol. The molecule has 1 aromatic heterocycles. The van der Waals surface area contributed by atoms with Crippen molar-refractivity contribution in [2.75, 3.05) is 24.4 Å². The van der Waals surface area contributed by atoms with E-state index in [1.165, 1.54) is 4.57 Å². The molecule has 0 N–H and O–H groups in total. The number of anilines is 1. The number of aryl methyl sites for hydroxylation is 1. The molecular formula is C8H12ClN3O. The molecular weight excluding hydrogens is 190 g/mol. The maximum absolute atomic E-state index is 11.5. The highest BCUT2D eigenvalue weighted by atomic mass is 35.5. The van der Waals surface area contributed by atoms with Crippen molar-refractivity contribution in [3.63, 3.8) is 0 Å². The van der Waals surface area contributed by atoms with Gasteiger partial charge in [0.1, 0.15) is 0 Å². The third-order valence-corrected chi connectivity index (χ3v) is 1.95. The summed E-state index contributed by atoms with van der Waals surface area (Å²) in [5.74, 6) is 0.918. The monoisotopic (exact) mass is 201 g/mol. The highest BCUT2D eigenvalue weighted by Gasteiger charge is 2.06. The van der Waals surface area contributed by atoms with Crippen LogP contribution in [0.3, 0.4) is 0 Å². The van der Waals surface area contributed by atoms with Crippen LogP contribution in [0.2, 0.25) is 0 Å². The van der Waals surface area contributed by atoms with E-state index in [-0.39, 0.29) is 5.56 Å². The van der Waals surface area contributed by atoms with E-state index in [0.717, 1.165) is 0 Å². The zero-order valence-electron chi connectivity index (χ0n) is 7.70. The first-order valence-electron chi connectivity index (χ1n) is 3.95. The Labute approximate surface area is 81.8 Å². The molecule has 0 aliphatic carbocycles. The Hall–Kier alpha value is -1.03. The third kappa shape index (κ3) is 2.21. The van der Waals surface area contributed by atoms with Gasteiger partial charge in [0.15, 0.2) is 5.82 Å². The van der Waals surface area contributed by atoms with Gasteiger partial charge in [0.25, 0.3) is 5.56 Å². The summed E-state index contributed by atoms with van der Waals surface area (Å²) < 4.78 is 1.49. The Bertz CT molecular complexity index is 336. The van der Waals surface area contributed by atoms with Crippen molar-refractivity contribution in [1.82, 2.24) is 9.55 Å². The molecule has 0 saturated carbocycles. The largest absolute Gasteiger partial charge is 0.354 e. The van der Waals surface area contributed by atoms with Crippen molar-refractivity contribution in [1.29, 1.82) is 0 Å². The molecule has 4 nitrogen and oxygen atoms in total. The summed E-state index contributed by atoms with van der Waals surface area (Å²) in [7, 11) is 3.49. The van der Waals surface area contributed by atoms with Crippen molar-refractivity contribution in [3.05, 3.63) is 22.7 Å². The molecule has 0 aliphatic heterocycles. The summed E-state index contributed by atoms with van der Waals surface area (Å²) in [4.78, 5) is 17.2. The number of aromatic nitrogens is 2. The molecule has 0 amide bonds. The average Bonchev–Trinajstić information content (AvgIpc) is 2.10. The van der Waals surface area contributed by atoms with Crippen LogP contribution >= 0.6 is 11.6 Å². The Kier molecular flexibility index (Phi) is 3.31. The molecule has 0 saturated heterocycles. The molecule has 0 spiro atoms. The smallest absolute Gasteiger partial charge is 0.293 e. The van der Waals surface area contributed by atoms with Gasteiger partial charge in [0.05, 0.1) is 0 Å². The van der Waals surface area contributed by atoms with E-state index < -0.39 is 0 Å². The quantitative estimate of drug-likeness (QED) is 0.667. The molecule has 0 bridgehead atoms. The van der Waals surface area contributed by atoms with Crippen molar-refractivity contribution in [3.8, 4) is 0 Å². The van der Waals surface area contributed by atoms with Crippen molar-refractivity contribution < 1.29 is 0 Å². The van der Waals surface area contributed by atoms with Gasteiger partial charge < -0.3 is 9.47 Å². The Morgan fingerprint density at radius 1 is 1.69 bits per heavy atom. The van der Waals surface area contributed by atoms with Gasteiger partial charge in [-0.15, -0.1) is 11.6 Å². The Morgan fingerprint density at radius 3 is 3.00 bits per heavy atom. The van der Waals surface area contributed by atoms with Crippen molar-refractivity contribution in [2.24, 2.45) is 7.05 Å². The van der Waals surface area contributed by atoms with Crippen molar-refractivity contribution >= 4 is 17.4 Å². The first kappa shape index (κ1) is 10.1. The number of hydrogen-bond acceptors (Lipinski definition) is 3. The lowest BCUT2D eigenvalue weighted by Crippen LogP contribution is -2.30. The van der Waals surface area contributed by atoms with Gasteiger partial charge in [-0.05, 0) is 0 Å². The molecule has 0 radical (unpaired) electrons. The van der Waals surface area contributed by atoms with Crippen LogP contribution in [-0.2, 0) is 7.05 Å². The first-order chi connectivity index (χ1) is 6.16. The summed E-state index contributed by atoms with van der Waals surface area (Å²) in [6, 6.07) is 0. The molecule has 1 rings (SSSR count). The Balaban J connectivity index is 3.01. The number of halogens is 1. The zero-order valence-corrected chi connectivity index (χ0v) is 8.45. The zero-order chi connectivity index (χ0) is 9.84. The van der Waals surface area contributed by atoms with Crippen LogP contribution in [0.25, 0.3) is 0 Å². The van der Waals surface area contributed by atoms with E-state index in [0.29, 0.717) is 18.2 Å². The number of nitrogens with zero attached hydrogens (tertiary/aromatic N) is 3. The summed E-state index contributed by atoms with van der Waals surface area (Å²) in [6.07, 6.45) is 3.22. The predicted octanol–water partition coefficient (Wildman–Crippen LogP) is 0.455. The molecule has 13 heavy (non-hydrogen) atoms. The normalized spacial score (nSPS) is 10.1. The van der Waals surface area contributed by atoms with E-state index in [1.54, 1.807) is 31.4 Å². The molecule has 5 heteroatoms. The Morgan fingerprint density at radius 2 is 2.38 bits per heavy atom. The number of hydrogen-bond donors (Lipinski definition) is 0. The molecule has 1 aromatic rings. The minimum absolute atomic E-state index is 0.102. The second kappa shape index (κ2) is 4.28. The van der Waals surface area contributed by atoms with Crippen LogP contribution in [0.1, 0.15) is 0 Å². The maximum atomic E-state index is 11.5. The van der Waals surface area contributed by atoms with Crippen LogP contribution in [0.5, 0.6) is 0 Å². The molecule has 0 unspecified atom stereocenters. The third-order valence-electron chi connectivity index (χ3n) is 1.78. The summed E-state index contributed by atoms with van der Waals surface area (Å²) in [5, 5.41) is 0. The van der Waals surface area contributed by atoms with Crippen LogP contribution in [-0.4, -0.2) is 29.0 Å². The second-order valence-electron chi connectivity index (χ2n) is 2.78. The van der Waals surface area contributed by atoms with E-state index in [1.807, 2.05) is 0 Å².